The van der Waals surface area contributed by atoms with E-state index in [9.17, 15) is 22.8 Å². The van der Waals surface area contributed by atoms with Gasteiger partial charge >= 0.3 is 6.36 Å². The highest BCUT2D eigenvalue weighted by Crippen LogP contribution is 2.55. The van der Waals surface area contributed by atoms with Crippen molar-refractivity contribution >= 4 is 11.8 Å². The average molecular weight is 440 g/mol. The number of hydrogen-bond donors (Lipinski definition) is 0. The summed E-state index contributed by atoms with van der Waals surface area (Å²) in [6.07, 6.45) is -0.349. The third kappa shape index (κ3) is 4.97. The van der Waals surface area contributed by atoms with Crippen LogP contribution in [0, 0.1) is 11.3 Å². The van der Waals surface area contributed by atoms with Crippen molar-refractivity contribution in [3.63, 3.8) is 0 Å². The molecule has 2 aliphatic heterocycles. The molecule has 6 nitrogen and oxygen atoms in total. The van der Waals surface area contributed by atoms with Gasteiger partial charge in [0.05, 0.1) is 13.2 Å². The van der Waals surface area contributed by atoms with E-state index in [1.54, 1.807) is 4.90 Å². The van der Waals surface area contributed by atoms with Crippen LogP contribution in [0.2, 0.25) is 0 Å². The predicted octanol–water partition coefficient (Wildman–Crippen LogP) is 3.47. The first-order valence-electron chi connectivity index (χ1n) is 10.8. The molecule has 4 rings (SSSR count). The lowest BCUT2D eigenvalue weighted by Gasteiger charge is -2.54. The Balaban J connectivity index is 1.29. The van der Waals surface area contributed by atoms with E-state index < -0.39 is 6.36 Å². The van der Waals surface area contributed by atoms with Gasteiger partial charge in [0.2, 0.25) is 5.91 Å². The molecule has 3 fully saturated rings. The molecule has 1 aromatic rings. The lowest BCUT2D eigenvalue weighted by atomic mass is 9.54. The number of halogens is 3. The highest BCUT2D eigenvalue weighted by Gasteiger charge is 2.49. The smallest absolute Gasteiger partial charge is 0.406 e. The normalized spacial score (nSPS) is 23.4. The topological polar surface area (TPSA) is 59.1 Å². The quantitative estimate of drug-likeness (QED) is 0.720. The van der Waals surface area contributed by atoms with Crippen molar-refractivity contribution in [1.82, 2.24) is 9.80 Å². The molecule has 170 valence electrons. The van der Waals surface area contributed by atoms with Gasteiger partial charge in [-0.25, -0.2) is 0 Å². The van der Waals surface area contributed by atoms with Crippen molar-refractivity contribution in [2.45, 2.75) is 38.5 Å². The van der Waals surface area contributed by atoms with Crippen LogP contribution in [0.4, 0.5) is 13.2 Å². The maximum atomic E-state index is 12.8. The van der Waals surface area contributed by atoms with Crippen LogP contribution in [0.5, 0.6) is 5.75 Å². The molecule has 31 heavy (non-hydrogen) atoms. The number of amides is 2. The van der Waals surface area contributed by atoms with Gasteiger partial charge in [-0.1, -0.05) is 0 Å². The molecule has 0 aromatic heterocycles. The molecule has 0 N–H and O–H groups in total. The summed E-state index contributed by atoms with van der Waals surface area (Å²) < 4.78 is 46.0. The molecule has 0 bridgehead atoms. The third-order valence-corrected chi connectivity index (χ3v) is 7.02. The highest BCUT2D eigenvalue weighted by molar-refractivity contribution is 5.94. The average Bonchev–Trinajstić information content (AvgIpc) is 2.76. The van der Waals surface area contributed by atoms with Gasteiger partial charge in [-0.3, -0.25) is 9.59 Å². The summed E-state index contributed by atoms with van der Waals surface area (Å²) in [6.45, 7) is 3.72. The minimum atomic E-state index is -4.75. The van der Waals surface area contributed by atoms with Crippen LogP contribution in [0.3, 0.4) is 0 Å². The number of carbonyl (C=O) groups is 2. The van der Waals surface area contributed by atoms with Crippen molar-refractivity contribution in [3.8, 4) is 5.75 Å². The lowest BCUT2D eigenvalue weighted by molar-refractivity contribution is -0.274. The van der Waals surface area contributed by atoms with Crippen LogP contribution >= 0.6 is 0 Å². The van der Waals surface area contributed by atoms with Crippen molar-refractivity contribution in [3.05, 3.63) is 29.8 Å². The van der Waals surface area contributed by atoms with Gasteiger partial charge in [0.25, 0.3) is 5.91 Å². The van der Waals surface area contributed by atoms with Crippen molar-refractivity contribution in [2.24, 2.45) is 11.3 Å². The minimum absolute atomic E-state index is 0.128. The fourth-order valence-corrected chi connectivity index (χ4v) is 5.02. The Bertz CT molecular complexity index is 798. The monoisotopic (exact) mass is 440 g/mol. The Morgan fingerprint density at radius 2 is 1.65 bits per heavy atom. The number of likely N-dealkylation sites (tertiary alicyclic amines) is 1. The Labute approximate surface area is 179 Å². The molecule has 2 heterocycles. The summed E-state index contributed by atoms with van der Waals surface area (Å²) in [5.41, 5.74) is 0.474. The molecule has 1 atom stereocenters. The Morgan fingerprint density at radius 3 is 2.19 bits per heavy atom. The zero-order chi connectivity index (χ0) is 22.1. The number of carbonyl (C=O) groups excluding carboxylic acids is 2. The van der Waals surface area contributed by atoms with Crippen LogP contribution in [0.1, 0.15) is 42.5 Å². The Kier molecular flexibility index (Phi) is 6.14. The second kappa shape index (κ2) is 8.68. The number of hydrogen-bond acceptors (Lipinski definition) is 4. The highest BCUT2D eigenvalue weighted by atomic mass is 19.4. The number of rotatable bonds is 4. The van der Waals surface area contributed by atoms with Gasteiger partial charge in [0.1, 0.15) is 5.75 Å². The van der Waals surface area contributed by atoms with Gasteiger partial charge in [0.15, 0.2) is 0 Å². The van der Waals surface area contributed by atoms with E-state index in [1.807, 2.05) is 4.90 Å². The molecular weight excluding hydrogens is 413 g/mol. The Morgan fingerprint density at radius 1 is 1.00 bits per heavy atom. The zero-order valence-electron chi connectivity index (χ0n) is 17.3. The van der Waals surface area contributed by atoms with Gasteiger partial charge in [-0.15, -0.1) is 13.2 Å². The number of morpholine rings is 1. The number of piperidine rings is 1. The largest absolute Gasteiger partial charge is 0.573 e. The second-order valence-electron chi connectivity index (χ2n) is 8.66. The van der Waals surface area contributed by atoms with Gasteiger partial charge in [-0.05, 0) is 61.3 Å². The molecule has 1 spiro atoms. The number of benzene rings is 1. The minimum Gasteiger partial charge on any atom is -0.406 e. The molecular formula is C22H27F3N2O4. The summed E-state index contributed by atoms with van der Waals surface area (Å²) in [4.78, 5) is 29.0. The van der Waals surface area contributed by atoms with Gasteiger partial charge < -0.3 is 19.3 Å². The summed E-state index contributed by atoms with van der Waals surface area (Å²) in [7, 11) is 0. The summed E-state index contributed by atoms with van der Waals surface area (Å²) >= 11 is 0. The van der Waals surface area contributed by atoms with Crippen LogP contribution < -0.4 is 4.74 Å². The van der Waals surface area contributed by atoms with E-state index in [0.717, 1.165) is 37.8 Å². The number of alkyl halides is 3. The zero-order valence-corrected chi connectivity index (χ0v) is 17.3. The number of ether oxygens (including phenoxy) is 2. The van der Waals surface area contributed by atoms with Gasteiger partial charge in [-0.2, -0.15) is 0 Å². The summed E-state index contributed by atoms with van der Waals surface area (Å²) in [6, 6.07) is 5.04. The summed E-state index contributed by atoms with van der Waals surface area (Å²) in [5.74, 6) is 0.0310. The van der Waals surface area contributed by atoms with E-state index in [2.05, 4.69) is 4.74 Å². The molecule has 2 amide bonds. The number of nitrogens with zero attached hydrogens (tertiary/aromatic N) is 2. The van der Waals surface area contributed by atoms with Crippen molar-refractivity contribution in [2.75, 3.05) is 39.4 Å². The molecule has 1 aromatic carbocycles. The molecule has 1 saturated carbocycles. The maximum absolute atomic E-state index is 12.8. The van der Waals surface area contributed by atoms with Crippen molar-refractivity contribution in [1.29, 1.82) is 0 Å². The third-order valence-electron chi connectivity index (χ3n) is 7.02. The van der Waals surface area contributed by atoms with E-state index in [4.69, 9.17) is 4.74 Å². The summed E-state index contributed by atoms with van der Waals surface area (Å²) in [5, 5.41) is 0. The fourth-order valence-electron chi connectivity index (χ4n) is 5.02. The van der Waals surface area contributed by atoms with Crippen LogP contribution in [0.25, 0.3) is 0 Å². The maximum Gasteiger partial charge on any atom is 0.573 e. The van der Waals surface area contributed by atoms with Crippen LogP contribution in [-0.2, 0) is 9.53 Å². The van der Waals surface area contributed by atoms with E-state index in [0.29, 0.717) is 57.3 Å². The molecule has 1 unspecified atom stereocenters. The lowest BCUT2D eigenvalue weighted by Crippen LogP contribution is -2.52. The fraction of sp³-hybridized carbons (Fsp3) is 0.636. The van der Waals surface area contributed by atoms with Crippen molar-refractivity contribution < 1.29 is 32.2 Å². The molecule has 1 aliphatic carbocycles. The predicted molar refractivity (Wildman–Crippen MR) is 105 cm³/mol. The first-order valence-corrected chi connectivity index (χ1v) is 10.8. The Hall–Kier alpha value is -2.29. The van der Waals surface area contributed by atoms with E-state index in [1.165, 1.54) is 12.1 Å². The van der Waals surface area contributed by atoms with Gasteiger partial charge in [0, 0.05) is 38.2 Å². The SMILES string of the molecule is O=C(CC1CCC12CCN(C(=O)c1ccc(OC(F)(F)F)cc1)CC2)N1CCOCC1. The van der Waals surface area contributed by atoms with Crippen LogP contribution in [0.15, 0.2) is 24.3 Å². The first-order chi connectivity index (χ1) is 14.8. The molecule has 2 saturated heterocycles. The van der Waals surface area contributed by atoms with E-state index >= 15 is 0 Å². The standard InChI is InChI=1S/C22H27F3N2O4/c23-22(24,25)31-18-3-1-16(2-4-18)20(29)27-9-7-21(8-10-27)6-5-17(21)15-19(28)26-11-13-30-14-12-26/h1-4,17H,5-15H2. The van der Waals surface area contributed by atoms with Crippen LogP contribution in [-0.4, -0.2) is 67.4 Å². The molecule has 9 heteroatoms. The first kappa shape index (κ1) is 21.9. The van der Waals surface area contributed by atoms with E-state index in [-0.39, 0.29) is 23.0 Å². The molecule has 3 aliphatic rings. The second-order valence-corrected chi connectivity index (χ2v) is 8.66. The molecule has 0 radical (unpaired) electrons.